The zero-order valence-electron chi connectivity index (χ0n) is 13.2. The molecule has 5 nitrogen and oxygen atoms in total. The Morgan fingerprint density at radius 3 is 2.04 bits per heavy atom. The van der Waals surface area contributed by atoms with E-state index in [1.807, 2.05) is 30.3 Å². The maximum atomic E-state index is 11.0. The van der Waals surface area contributed by atoms with Gasteiger partial charge in [-0.2, -0.15) is 0 Å². The first-order valence-electron chi connectivity index (χ1n) is 7.44. The van der Waals surface area contributed by atoms with Gasteiger partial charge in [-0.3, -0.25) is 0 Å². The lowest BCUT2D eigenvalue weighted by Gasteiger charge is -2.33. The van der Waals surface area contributed by atoms with Crippen molar-refractivity contribution >= 4 is 0 Å². The van der Waals surface area contributed by atoms with Gasteiger partial charge in [-0.05, 0) is 17.7 Å². The number of rotatable bonds is 5. The van der Waals surface area contributed by atoms with Crippen molar-refractivity contribution in [1.82, 2.24) is 0 Å². The van der Waals surface area contributed by atoms with Gasteiger partial charge >= 0.3 is 0 Å². The summed E-state index contributed by atoms with van der Waals surface area (Å²) in [6, 6.07) is 14.7. The summed E-state index contributed by atoms with van der Waals surface area (Å²) in [6.45, 7) is 0.847. The molecule has 2 aromatic carbocycles. The van der Waals surface area contributed by atoms with Gasteiger partial charge in [-0.15, -0.1) is 0 Å². The summed E-state index contributed by atoms with van der Waals surface area (Å²) in [4.78, 5) is 0. The van der Waals surface area contributed by atoms with Crippen LogP contribution in [-0.4, -0.2) is 32.5 Å². The smallest absolute Gasteiger partial charge is 0.226 e. The molecule has 0 radical (unpaired) electrons. The van der Waals surface area contributed by atoms with Crippen LogP contribution in [0.2, 0.25) is 0 Å². The fourth-order valence-corrected chi connectivity index (χ4v) is 2.79. The number of hydrogen-bond acceptors (Lipinski definition) is 5. The molecule has 0 aliphatic carbocycles. The van der Waals surface area contributed by atoms with Crippen LogP contribution >= 0.6 is 0 Å². The van der Waals surface area contributed by atoms with Gasteiger partial charge in [0.05, 0.1) is 27.4 Å². The molecule has 0 aromatic heterocycles. The van der Waals surface area contributed by atoms with Crippen molar-refractivity contribution in [2.24, 2.45) is 0 Å². The van der Waals surface area contributed by atoms with Crippen LogP contribution in [0.3, 0.4) is 0 Å². The highest BCUT2D eigenvalue weighted by molar-refractivity contribution is 5.41. The van der Waals surface area contributed by atoms with Gasteiger partial charge in [-0.1, -0.05) is 30.3 Å². The molecule has 1 unspecified atom stereocenters. The van der Waals surface area contributed by atoms with Gasteiger partial charge in [0.25, 0.3) is 0 Å². The van der Waals surface area contributed by atoms with Crippen molar-refractivity contribution in [3.63, 3.8) is 0 Å². The van der Waals surface area contributed by atoms with Crippen molar-refractivity contribution in [2.75, 3.05) is 27.4 Å². The minimum absolute atomic E-state index is 0.424. The maximum Gasteiger partial charge on any atom is 0.226 e. The van der Waals surface area contributed by atoms with E-state index in [9.17, 15) is 5.11 Å². The normalized spacial score (nSPS) is 17.7. The molecule has 122 valence electrons. The molecular formula is C18H20O5. The standard InChI is InChI=1S/C18H20O5/c1-20-15-10-13(11-16(12-15)21-2)17(19)18(22-8-9-23-18)14-6-4-3-5-7-14/h3-7,10-12,17,19H,8-9H2,1-2H3. The molecule has 1 aliphatic heterocycles. The molecule has 0 amide bonds. The Morgan fingerprint density at radius 2 is 1.52 bits per heavy atom. The van der Waals surface area contributed by atoms with Crippen LogP contribution in [0.4, 0.5) is 0 Å². The van der Waals surface area contributed by atoms with Crippen molar-refractivity contribution in [3.05, 3.63) is 59.7 Å². The van der Waals surface area contributed by atoms with E-state index in [4.69, 9.17) is 18.9 Å². The zero-order chi connectivity index (χ0) is 16.3. The molecule has 1 N–H and O–H groups in total. The Morgan fingerprint density at radius 1 is 0.957 bits per heavy atom. The second kappa shape index (κ2) is 6.58. The van der Waals surface area contributed by atoms with E-state index in [0.717, 1.165) is 5.56 Å². The predicted octanol–water partition coefficient (Wildman–Crippen LogP) is 2.64. The van der Waals surface area contributed by atoms with Crippen LogP contribution < -0.4 is 9.47 Å². The third-order valence-electron chi connectivity index (χ3n) is 3.94. The van der Waals surface area contributed by atoms with Crippen molar-refractivity contribution in [3.8, 4) is 11.5 Å². The minimum Gasteiger partial charge on any atom is -0.497 e. The Labute approximate surface area is 135 Å². The number of ether oxygens (including phenoxy) is 4. The third-order valence-corrected chi connectivity index (χ3v) is 3.94. The first-order valence-corrected chi connectivity index (χ1v) is 7.44. The summed E-state index contributed by atoms with van der Waals surface area (Å²) < 4.78 is 22.2. The second-order valence-electron chi connectivity index (χ2n) is 5.28. The van der Waals surface area contributed by atoms with E-state index in [1.54, 1.807) is 32.4 Å². The first kappa shape index (κ1) is 15.8. The lowest BCUT2D eigenvalue weighted by molar-refractivity contribution is -0.232. The summed E-state index contributed by atoms with van der Waals surface area (Å²) in [5, 5.41) is 11.0. The minimum atomic E-state index is -1.22. The zero-order valence-corrected chi connectivity index (χ0v) is 13.2. The SMILES string of the molecule is COc1cc(OC)cc(C(O)C2(c3ccccc3)OCCO2)c1. The van der Waals surface area contributed by atoms with Crippen LogP contribution in [0.5, 0.6) is 11.5 Å². The molecule has 2 aromatic rings. The van der Waals surface area contributed by atoms with E-state index < -0.39 is 11.9 Å². The summed E-state index contributed by atoms with van der Waals surface area (Å²) in [7, 11) is 3.14. The highest BCUT2D eigenvalue weighted by Gasteiger charge is 2.46. The molecular weight excluding hydrogens is 296 g/mol. The summed E-state index contributed by atoms with van der Waals surface area (Å²) in [5.41, 5.74) is 1.37. The summed E-state index contributed by atoms with van der Waals surface area (Å²) >= 11 is 0. The summed E-state index contributed by atoms with van der Waals surface area (Å²) in [5.74, 6) is -0.0299. The quantitative estimate of drug-likeness (QED) is 0.919. The molecule has 0 bridgehead atoms. The number of methoxy groups -OCH3 is 2. The van der Waals surface area contributed by atoms with Gasteiger partial charge in [0.2, 0.25) is 5.79 Å². The van der Waals surface area contributed by atoms with Crippen LogP contribution in [0.1, 0.15) is 17.2 Å². The van der Waals surface area contributed by atoms with Crippen LogP contribution in [-0.2, 0) is 15.3 Å². The monoisotopic (exact) mass is 316 g/mol. The molecule has 0 saturated carbocycles. The molecule has 1 saturated heterocycles. The van der Waals surface area contributed by atoms with E-state index in [0.29, 0.717) is 30.3 Å². The number of aliphatic hydroxyl groups excluding tert-OH is 1. The Balaban J connectivity index is 2.04. The van der Waals surface area contributed by atoms with E-state index >= 15 is 0 Å². The lowest BCUT2D eigenvalue weighted by atomic mass is 9.94. The molecule has 1 heterocycles. The van der Waals surface area contributed by atoms with Gasteiger partial charge in [0, 0.05) is 11.6 Å². The molecule has 1 aliphatic rings. The van der Waals surface area contributed by atoms with Crippen LogP contribution in [0.25, 0.3) is 0 Å². The Bertz CT molecular complexity index is 627. The van der Waals surface area contributed by atoms with Crippen molar-refractivity contribution < 1.29 is 24.1 Å². The van der Waals surface area contributed by atoms with Crippen molar-refractivity contribution in [1.29, 1.82) is 0 Å². The van der Waals surface area contributed by atoms with Gasteiger partial charge < -0.3 is 24.1 Å². The average Bonchev–Trinajstić information content (AvgIpc) is 3.12. The van der Waals surface area contributed by atoms with E-state index in [2.05, 4.69) is 0 Å². The van der Waals surface area contributed by atoms with Gasteiger partial charge in [-0.25, -0.2) is 0 Å². The van der Waals surface area contributed by atoms with Gasteiger partial charge in [0.1, 0.15) is 17.6 Å². The molecule has 23 heavy (non-hydrogen) atoms. The molecule has 1 fully saturated rings. The highest BCUT2D eigenvalue weighted by atomic mass is 16.7. The topological polar surface area (TPSA) is 57.2 Å². The highest BCUT2D eigenvalue weighted by Crippen LogP contribution is 2.43. The van der Waals surface area contributed by atoms with E-state index in [1.165, 1.54) is 0 Å². The lowest BCUT2D eigenvalue weighted by Crippen LogP contribution is -2.35. The fourth-order valence-electron chi connectivity index (χ4n) is 2.79. The molecule has 5 heteroatoms. The fraction of sp³-hybridized carbons (Fsp3) is 0.333. The second-order valence-corrected chi connectivity index (χ2v) is 5.28. The van der Waals surface area contributed by atoms with Crippen LogP contribution in [0, 0.1) is 0 Å². The molecule has 0 spiro atoms. The average molecular weight is 316 g/mol. The van der Waals surface area contributed by atoms with E-state index in [-0.39, 0.29) is 0 Å². The Hall–Kier alpha value is -2.08. The molecule has 3 rings (SSSR count). The number of hydrogen-bond donors (Lipinski definition) is 1. The largest absolute Gasteiger partial charge is 0.497 e. The van der Waals surface area contributed by atoms with Crippen molar-refractivity contribution in [2.45, 2.75) is 11.9 Å². The third kappa shape index (κ3) is 2.91. The first-order chi connectivity index (χ1) is 11.2. The Kier molecular flexibility index (Phi) is 4.52. The summed E-state index contributed by atoms with van der Waals surface area (Å²) in [6.07, 6.45) is -1.02. The van der Waals surface area contributed by atoms with Crippen LogP contribution in [0.15, 0.2) is 48.5 Å². The molecule has 1 atom stereocenters. The predicted molar refractivity (Wildman–Crippen MR) is 84.5 cm³/mol. The maximum absolute atomic E-state index is 11.0. The number of benzene rings is 2. The van der Waals surface area contributed by atoms with Gasteiger partial charge in [0.15, 0.2) is 0 Å². The number of aliphatic hydroxyl groups is 1.